The molecule has 0 aliphatic rings. The third kappa shape index (κ3) is 3.51. The molecule has 0 aromatic heterocycles. The number of rotatable bonds is 7. The molecular weight excluding hydrogens is 200 g/mol. The second kappa shape index (κ2) is 7.25. The fourth-order valence-corrected chi connectivity index (χ4v) is 1.76. The van der Waals surface area contributed by atoms with Crippen LogP contribution in [0.3, 0.4) is 0 Å². The predicted molar refractivity (Wildman–Crippen MR) is 68.7 cm³/mol. The van der Waals surface area contributed by atoms with Crippen LogP contribution < -0.4 is 10.6 Å². The third-order valence-electron chi connectivity index (χ3n) is 2.64. The molecule has 0 saturated carbocycles. The number of hydrogen-bond donors (Lipinski definition) is 1. The molecule has 3 heteroatoms. The molecule has 0 radical (unpaired) electrons. The molecule has 0 spiro atoms. The van der Waals surface area contributed by atoms with E-state index in [0.29, 0.717) is 6.54 Å². The summed E-state index contributed by atoms with van der Waals surface area (Å²) >= 11 is 0. The number of para-hydroxylation sites is 1. The highest BCUT2D eigenvalue weighted by Crippen LogP contribution is 2.19. The maximum atomic E-state index is 5.74. The van der Waals surface area contributed by atoms with Gasteiger partial charge in [0.1, 0.15) is 0 Å². The molecule has 0 unspecified atom stereocenters. The molecular formula is C13H22N2O. The van der Waals surface area contributed by atoms with Crippen molar-refractivity contribution in [3.63, 3.8) is 0 Å². The van der Waals surface area contributed by atoms with Gasteiger partial charge in [0.15, 0.2) is 0 Å². The van der Waals surface area contributed by atoms with Crippen molar-refractivity contribution in [3.05, 3.63) is 29.8 Å². The van der Waals surface area contributed by atoms with Crippen LogP contribution in [-0.4, -0.2) is 26.3 Å². The number of anilines is 1. The Morgan fingerprint density at radius 2 is 2.00 bits per heavy atom. The van der Waals surface area contributed by atoms with E-state index in [2.05, 4.69) is 30.0 Å². The van der Waals surface area contributed by atoms with Gasteiger partial charge in [-0.1, -0.05) is 18.2 Å². The van der Waals surface area contributed by atoms with Crippen LogP contribution >= 0.6 is 0 Å². The van der Waals surface area contributed by atoms with E-state index in [4.69, 9.17) is 10.5 Å². The summed E-state index contributed by atoms with van der Waals surface area (Å²) in [5, 5.41) is 0. The van der Waals surface area contributed by atoms with Crippen molar-refractivity contribution >= 4 is 5.69 Å². The SMILES string of the molecule is CCOCCN(CC)c1ccccc1CN. The molecule has 16 heavy (non-hydrogen) atoms. The Hall–Kier alpha value is -1.06. The Labute approximate surface area is 98.2 Å². The van der Waals surface area contributed by atoms with Gasteiger partial charge in [-0.2, -0.15) is 0 Å². The molecule has 1 aromatic rings. The first-order valence-electron chi connectivity index (χ1n) is 5.94. The molecule has 1 aromatic carbocycles. The summed E-state index contributed by atoms with van der Waals surface area (Å²) in [6.07, 6.45) is 0. The van der Waals surface area contributed by atoms with Crippen molar-refractivity contribution < 1.29 is 4.74 Å². The summed E-state index contributed by atoms with van der Waals surface area (Å²) in [6.45, 7) is 8.19. The standard InChI is InChI=1S/C13H22N2O/c1-3-15(9-10-16-4-2)13-8-6-5-7-12(13)11-14/h5-8H,3-4,9-11,14H2,1-2H3. The number of hydrogen-bond acceptors (Lipinski definition) is 3. The summed E-state index contributed by atoms with van der Waals surface area (Å²) in [5.41, 5.74) is 8.16. The van der Waals surface area contributed by atoms with Gasteiger partial charge >= 0.3 is 0 Å². The highest BCUT2D eigenvalue weighted by atomic mass is 16.5. The van der Waals surface area contributed by atoms with E-state index in [-0.39, 0.29) is 0 Å². The molecule has 2 N–H and O–H groups in total. The molecule has 3 nitrogen and oxygen atoms in total. The fourth-order valence-electron chi connectivity index (χ4n) is 1.76. The van der Waals surface area contributed by atoms with Crippen molar-refractivity contribution in [2.24, 2.45) is 5.73 Å². The maximum absolute atomic E-state index is 5.74. The smallest absolute Gasteiger partial charge is 0.0641 e. The fraction of sp³-hybridized carbons (Fsp3) is 0.538. The molecule has 0 atom stereocenters. The Bertz CT molecular complexity index is 302. The van der Waals surface area contributed by atoms with Crippen LogP contribution in [0.25, 0.3) is 0 Å². The van der Waals surface area contributed by atoms with Crippen LogP contribution in [0.1, 0.15) is 19.4 Å². The van der Waals surface area contributed by atoms with E-state index in [9.17, 15) is 0 Å². The molecule has 0 aliphatic heterocycles. The zero-order chi connectivity index (χ0) is 11.8. The number of nitrogens with two attached hydrogens (primary N) is 1. The highest BCUT2D eigenvalue weighted by Gasteiger charge is 2.07. The predicted octanol–water partition coefficient (Wildman–Crippen LogP) is 2.01. The molecule has 0 fully saturated rings. The summed E-state index contributed by atoms with van der Waals surface area (Å²) in [5.74, 6) is 0. The van der Waals surface area contributed by atoms with E-state index in [1.807, 2.05) is 13.0 Å². The minimum Gasteiger partial charge on any atom is -0.380 e. The van der Waals surface area contributed by atoms with Gasteiger partial charge in [0.25, 0.3) is 0 Å². The summed E-state index contributed by atoms with van der Waals surface area (Å²) in [7, 11) is 0. The maximum Gasteiger partial charge on any atom is 0.0641 e. The average Bonchev–Trinajstić information content (AvgIpc) is 2.35. The second-order valence-electron chi connectivity index (χ2n) is 3.61. The lowest BCUT2D eigenvalue weighted by molar-refractivity contribution is 0.154. The number of benzene rings is 1. The number of likely N-dealkylation sites (N-methyl/N-ethyl adjacent to an activating group) is 1. The minimum absolute atomic E-state index is 0.585. The van der Waals surface area contributed by atoms with Gasteiger partial charge in [0, 0.05) is 31.9 Å². The quantitative estimate of drug-likeness (QED) is 0.717. The Morgan fingerprint density at radius 3 is 2.62 bits per heavy atom. The van der Waals surface area contributed by atoms with Crippen LogP contribution in [0.15, 0.2) is 24.3 Å². The van der Waals surface area contributed by atoms with E-state index in [1.54, 1.807) is 0 Å². The van der Waals surface area contributed by atoms with E-state index in [0.717, 1.165) is 26.3 Å². The van der Waals surface area contributed by atoms with Crippen molar-refractivity contribution in [1.82, 2.24) is 0 Å². The summed E-state index contributed by atoms with van der Waals surface area (Å²) in [6, 6.07) is 8.29. The first-order chi connectivity index (χ1) is 7.83. The molecule has 0 heterocycles. The lowest BCUT2D eigenvalue weighted by atomic mass is 10.1. The summed E-state index contributed by atoms with van der Waals surface area (Å²) < 4.78 is 5.39. The topological polar surface area (TPSA) is 38.5 Å². The minimum atomic E-state index is 0.585. The molecule has 0 saturated heterocycles. The average molecular weight is 222 g/mol. The van der Waals surface area contributed by atoms with Crippen molar-refractivity contribution in [1.29, 1.82) is 0 Å². The zero-order valence-corrected chi connectivity index (χ0v) is 10.3. The number of ether oxygens (including phenoxy) is 1. The zero-order valence-electron chi connectivity index (χ0n) is 10.3. The van der Waals surface area contributed by atoms with Gasteiger partial charge in [-0.05, 0) is 25.5 Å². The van der Waals surface area contributed by atoms with Crippen molar-refractivity contribution in [3.8, 4) is 0 Å². The van der Waals surface area contributed by atoms with E-state index >= 15 is 0 Å². The van der Waals surface area contributed by atoms with Crippen LogP contribution in [0.5, 0.6) is 0 Å². The monoisotopic (exact) mass is 222 g/mol. The molecule has 90 valence electrons. The summed E-state index contributed by atoms with van der Waals surface area (Å²) in [4.78, 5) is 2.30. The Morgan fingerprint density at radius 1 is 1.25 bits per heavy atom. The lowest BCUT2D eigenvalue weighted by Crippen LogP contribution is -2.28. The molecule has 0 bridgehead atoms. The van der Waals surface area contributed by atoms with E-state index < -0.39 is 0 Å². The first-order valence-corrected chi connectivity index (χ1v) is 5.94. The normalized spacial score (nSPS) is 10.4. The van der Waals surface area contributed by atoms with Crippen molar-refractivity contribution in [2.75, 3.05) is 31.2 Å². The highest BCUT2D eigenvalue weighted by molar-refractivity contribution is 5.53. The van der Waals surface area contributed by atoms with Gasteiger partial charge in [-0.25, -0.2) is 0 Å². The van der Waals surface area contributed by atoms with Gasteiger partial charge in [-0.15, -0.1) is 0 Å². The molecule has 0 amide bonds. The van der Waals surface area contributed by atoms with Crippen LogP contribution in [-0.2, 0) is 11.3 Å². The third-order valence-corrected chi connectivity index (χ3v) is 2.64. The largest absolute Gasteiger partial charge is 0.380 e. The lowest BCUT2D eigenvalue weighted by Gasteiger charge is -2.25. The van der Waals surface area contributed by atoms with Gasteiger partial charge in [0.05, 0.1) is 6.61 Å². The van der Waals surface area contributed by atoms with Crippen molar-refractivity contribution in [2.45, 2.75) is 20.4 Å². The van der Waals surface area contributed by atoms with E-state index in [1.165, 1.54) is 11.3 Å². The van der Waals surface area contributed by atoms with Gasteiger partial charge in [0.2, 0.25) is 0 Å². The van der Waals surface area contributed by atoms with Crippen LogP contribution in [0, 0.1) is 0 Å². The van der Waals surface area contributed by atoms with Crippen LogP contribution in [0.4, 0.5) is 5.69 Å². The van der Waals surface area contributed by atoms with Crippen LogP contribution in [0.2, 0.25) is 0 Å². The van der Waals surface area contributed by atoms with Gasteiger partial charge in [-0.3, -0.25) is 0 Å². The van der Waals surface area contributed by atoms with Gasteiger partial charge < -0.3 is 15.4 Å². The molecule has 0 aliphatic carbocycles. The Kier molecular flexibility index (Phi) is 5.90. The first kappa shape index (κ1) is 13.0. The number of nitrogens with zero attached hydrogens (tertiary/aromatic N) is 1. The molecule has 1 rings (SSSR count). The second-order valence-corrected chi connectivity index (χ2v) is 3.61. The Balaban J connectivity index is 2.69.